The van der Waals surface area contributed by atoms with Crippen LogP contribution in [0.5, 0.6) is 0 Å². The molecule has 2 nitrogen and oxygen atoms in total. The van der Waals surface area contributed by atoms with Crippen LogP contribution in [0, 0.1) is 0 Å². The van der Waals surface area contributed by atoms with Crippen LogP contribution in [0.4, 0.5) is 0 Å². The molecule has 1 fully saturated rings. The van der Waals surface area contributed by atoms with Crippen molar-refractivity contribution in [1.29, 1.82) is 0 Å². The molecule has 0 atom stereocenters. The fourth-order valence-corrected chi connectivity index (χ4v) is 2.35. The normalized spacial score (nSPS) is 20.6. The Morgan fingerprint density at radius 1 is 1.12 bits per heavy atom. The highest BCUT2D eigenvalue weighted by atomic mass is 15.3. The molecular weight excluding hydrogens is 208 g/mol. The lowest BCUT2D eigenvalue weighted by Gasteiger charge is -2.38. The van der Waals surface area contributed by atoms with Crippen LogP contribution in [-0.2, 0) is 0 Å². The van der Waals surface area contributed by atoms with Crippen LogP contribution in [-0.4, -0.2) is 43.2 Å². The van der Waals surface area contributed by atoms with Crippen molar-refractivity contribution in [3.8, 4) is 0 Å². The van der Waals surface area contributed by atoms with Crippen LogP contribution in [0.2, 0.25) is 0 Å². The zero-order valence-electron chi connectivity index (χ0n) is 12.2. The van der Waals surface area contributed by atoms with Gasteiger partial charge in [0.2, 0.25) is 0 Å². The van der Waals surface area contributed by atoms with E-state index < -0.39 is 0 Å². The molecule has 0 aromatic rings. The summed E-state index contributed by atoms with van der Waals surface area (Å²) in [6, 6.07) is 0. The lowest BCUT2D eigenvalue weighted by molar-refractivity contribution is 0.0758. The maximum atomic E-state index is 2.44. The Bertz CT molecular complexity index is 277. The van der Waals surface area contributed by atoms with E-state index in [4.69, 9.17) is 0 Å². The fraction of sp³-hybridized carbons (Fsp3) is 0.733. The molecule has 0 N–H and O–H groups in total. The molecule has 2 heteroatoms. The molecule has 0 aromatic carbocycles. The predicted molar refractivity (Wildman–Crippen MR) is 76.1 cm³/mol. The van der Waals surface area contributed by atoms with Crippen molar-refractivity contribution in [3.05, 3.63) is 23.3 Å². The standard InChI is InChI=1S/C15H28N2/c1-13(2)8-6-9-14(3)12-15-16(4)10-7-11-17(15)5/h8,12,15H,6-7,9-11H2,1-5H3. The SMILES string of the molecule is CC(C)=CCCC(C)=CC1N(C)CCCN1C. The van der Waals surface area contributed by atoms with Gasteiger partial charge in [0.1, 0.15) is 0 Å². The van der Waals surface area contributed by atoms with Gasteiger partial charge in [0.25, 0.3) is 0 Å². The lowest BCUT2D eigenvalue weighted by Crippen LogP contribution is -2.49. The van der Waals surface area contributed by atoms with Gasteiger partial charge in [-0.3, -0.25) is 9.80 Å². The Balaban J connectivity index is 2.50. The molecule has 0 unspecified atom stereocenters. The fourth-order valence-electron chi connectivity index (χ4n) is 2.35. The molecule has 0 saturated carbocycles. The van der Waals surface area contributed by atoms with Crippen molar-refractivity contribution in [1.82, 2.24) is 9.80 Å². The van der Waals surface area contributed by atoms with Gasteiger partial charge in [-0.05, 0) is 54.1 Å². The molecule has 1 saturated heterocycles. The summed E-state index contributed by atoms with van der Waals surface area (Å²) in [4.78, 5) is 4.88. The zero-order valence-corrected chi connectivity index (χ0v) is 12.2. The first-order valence-corrected chi connectivity index (χ1v) is 6.72. The Morgan fingerprint density at radius 3 is 2.24 bits per heavy atom. The number of likely N-dealkylation sites (N-methyl/N-ethyl adjacent to an activating group) is 2. The average Bonchev–Trinajstić information content (AvgIpc) is 2.23. The molecule has 0 spiro atoms. The van der Waals surface area contributed by atoms with E-state index in [-0.39, 0.29) is 0 Å². The van der Waals surface area contributed by atoms with E-state index >= 15 is 0 Å². The second-order valence-corrected chi connectivity index (χ2v) is 5.56. The van der Waals surface area contributed by atoms with E-state index in [1.54, 1.807) is 0 Å². The van der Waals surface area contributed by atoms with E-state index in [1.165, 1.54) is 43.5 Å². The van der Waals surface area contributed by atoms with Crippen LogP contribution in [0.25, 0.3) is 0 Å². The topological polar surface area (TPSA) is 6.48 Å². The van der Waals surface area contributed by atoms with Crippen LogP contribution >= 0.6 is 0 Å². The molecule has 0 aromatic heterocycles. The Morgan fingerprint density at radius 2 is 1.71 bits per heavy atom. The first kappa shape index (κ1) is 14.5. The van der Waals surface area contributed by atoms with Crippen molar-refractivity contribution in [2.45, 2.75) is 46.2 Å². The Kier molecular flexibility index (Phi) is 5.93. The van der Waals surface area contributed by atoms with Crippen molar-refractivity contribution in [2.24, 2.45) is 0 Å². The number of allylic oxidation sites excluding steroid dienone is 3. The monoisotopic (exact) mass is 236 g/mol. The molecule has 1 heterocycles. The summed E-state index contributed by atoms with van der Waals surface area (Å²) in [5, 5.41) is 0. The van der Waals surface area contributed by atoms with Crippen LogP contribution in [0.3, 0.4) is 0 Å². The van der Waals surface area contributed by atoms with Crippen LogP contribution in [0.1, 0.15) is 40.0 Å². The summed E-state index contributed by atoms with van der Waals surface area (Å²) in [5.74, 6) is 0. The summed E-state index contributed by atoms with van der Waals surface area (Å²) in [6.07, 6.45) is 8.89. The van der Waals surface area contributed by atoms with Crippen molar-refractivity contribution < 1.29 is 0 Å². The quantitative estimate of drug-likeness (QED) is 0.691. The molecule has 0 amide bonds. The molecule has 98 valence electrons. The molecule has 17 heavy (non-hydrogen) atoms. The molecule has 1 rings (SSSR count). The second-order valence-electron chi connectivity index (χ2n) is 5.56. The van der Waals surface area contributed by atoms with Crippen LogP contribution < -0.4 is 0 Å². The summed E-state index contributed by atoms with van der Waals surface area (Å²) in [5.41, 5.74) is 2.93. The lowest BCUT2D eigenvalue weighted by atomic mass is 10.1. The summed E-state index contributed by atoms with van der Waals surface area (Å²) in [7, 11) is 4.44. The number of nitrogens with zero attached hydrogens (tertiary/aromatic N) is 2. The van der Waals surface area contributed by atoms with E-state index in [9.17, 15) is 0 Å². The van der Waals surface area contributed by atoms with Gasteiger partial charge in [0.05, 0.1) is 6.17 Å². The molecular formula is C15H28N2. The van der Waals surface area contributed by atoms with E-state index in [0.29, 0.717) is 6.17 Å². The maximum Gasteiger partial charge on any atom is 0.0812 e. The van der Waals surface area contributed by atoms with Gasteiger partial charge in [0, 0.05) is 13.1 Å². The first-order valence-electron chi connectivity index (χ1n) is 6.72. The van der Waals surface area contributed by atoms with Gasteiger partial charge in [-0.25, -0.2) is 0 Å². The second kappa shape index (κ2) is 6.97. The highest BCUT2D eigenvalue weighted by Gasteiger charge is 2.21. The largest absolute Gasteiger partial charge is 0.288 e. The minimum Gasteiger partial charge on any atom is -0.288 e. The third-order valence-corrected chi connectivity index (χ3v) is 3.45. The van der Waals surface area contributed by atoms with Crippen molar-refractivity contribution in [2.75, 3.05) is 27.2 Å². The number of hydrogen-bond donors (Lipinski definition) is 0. The predicted octanol–water partition coefficient (Wildman–Crippen LogP) is 3.27. The number of hydrogen-bond acceptors (Lipinski definition) is 2. The van der Waals surface area contributed by atoms with E-state index in [0.717, 1.165) is 0 Å². The smallest absolute Gasteiger partial charge is 0.0812 e. The maximum absolute atomic E-state index is 2.44. The van der Waals surface area contributed by atoms with Gasteiger partial charge in [-0.1, -0.05) is 23.3 Å². The third kappa shape index (κ3) is 5.05. The van der Waals surface area contributed by atoms with Gasteiger partial charge < -0.3 is 0 Å². The van der Waals surface area contributed by atoms with Crippen LogP contribution in [0.15, 0.2) is 23.3 Å². The zero-order chi connectivity index (χ0) is 12.8. The summed E-state index contributed by atoms with van der Waals surface area (Å²) >= 11 is 0. The van der Waals surface area contributed by atoms with Gasteiger partial charge >= 0.3 is 0 Å². The Hall–Kier alpha value is -0.600. The average molecular weight is 236 g/mol. The molecule has 1 aliphatic heterocycles. The molecule has 0 bridgehead atoms. The number of rotatable bonds is 4. The van der Waals surface area contributed by atoms with E-state index in [1.807, 2.05) is 0 Å². The Labute approximate surface area is 107 Å². The first-order chi connectivity index (χ1) is 8.00. The van der Waals surface area contributed by atoms with Gasteiger partial charge in [-0.15, -0.1) is 0 Å². The summed E-state index contributed by atoms with van der Waals surface area (Å²) < 4.78 is 0. The van der Waals surface area contributed by atoms with E-state index in [2.05, 4.69) is 56.8 Å². The molecule has 1 aliphatic rings. The van der Waals surface area contributed by atoms with Gasteiger partial charge in [-0.2, -0.15) is 0 Å². The highest BCUT2D eigenvalue weighted by Crippen LogP contribution is 2.15. The molecule has 0 radical (unpaired) electrons. The van der Waals surface area contributed by atoms with Crippen molar-refractivity contribution in [3.63, 3.8) is 0 Å². The van der Waals surface area contributed by atoms with Crippen molar-refractivity contribution >= 4 is 0 Å². The highest BCUT2D eigenvalue weighted by molar-refractivity contribution is 5.06. The van der Waals surface area contributed by atoms with Gasteiger partial charge in [0.15, 0.2) is 0 Å². The third-order valence-electron chi connectivity index (χ3n) is 3.45. The minimum absolute atomic E-state index is 0.496. The summed E-state index contributed by atoms with van der Waals surface area (Å²) in [6.45, 7) is 9.03. The minimum atomic E-state index is 0.496. The molecule has 0 aliphatic carbocycles.